The van der Waals surface area contributed by atoms with E-state index in [0.29, 0.717) is 40.4 Å². The molecule has 1 saturated heterocycles. The molecule has 7 heteroatoms. The fraction of sp³-hybridized carbons (Fsp3) is 0.231. The lowest BCUT2D eigenvalue weighted by Crippen LogP contribution is -2.51. The van der Waals surface area contributed by atoms with Gasteiger partial charge in [0.2, 0.25) is 5.91 Å². The van der Waals surface area contributed by atoms with Crippen molar-refractivity contribution in [3.05, 3.63) is 104 Å². The van der Waals surface area contributed by atoms with Gasteiger partial charge < -0.3 is 9.80 Å². The van der Waals surface area contributed by atoms with Gasteiger partial charge in [0.15, 0.2) is 5.69 Å². The zero-order chi connectivity index (χ0) is 23.5. The first kappa shape index (κ1) is 23.4. The fourth-order valence-corrected chi connectivity index (χ4v) is 4.85. The van der Waals surface area contributed by atoms with Crippen molar-refractivity contribution in [2.75, 3.05) is 24.5 Å². The first-order chi connectivity index (χ1) is 15.9. The molecule has 0 radical (unpaired) electrons. The molecule has 0 aliphatic carbocycles. The average Bonchev–Trinajstić information content (AvgIpc) is 2.83. The van der Waals surface area contributed by atoms with Crippen molar-refractivity contribution in [1.29, 1.82) is 0 Å². The Morgan fingerprint density at radius 1 is 0.970 bits per heavy atom. The van der Waals surface area contributed by atoms with Crippen LogP contribution in [0.5, 0.6) is 0 Å². The summed E-state index contributed by atoms with van der Waals surface area (Å²) in [6.45, 7) is 10.8. The minimum Gasteiger partial charge on any atom is -0.360 e. The molecular formula is C26H22Cl3N3O. The number of nitrogens with zero attached hydrogens (tertiary/aromatic N) is 3. The molecule has 0 bridgehead atoms. The van der Waals surface area contributed by atoms with Crippen LogP contribution in [0.25, 0.3) is 4.85 Å². The number of carbonyl (C=O) groups excluding carboxylic acids is 1. The van der Waals surface area contributed by atoms with Gasteiger partial charge in [-0.05, 0) is 48.4 Å². The van der Waals surface area contributed by atoms with Crippen molar-refractivity contribution >= 4 is 52.1 Å². The highest BCUT2D eigenvalue weighted by atomic mass is 35.5. The van der Waals surface area contributed by atoms with Crippen LogP contribution in [0.4, 0.5) is 11.4 Å². The Labute approximate surface area is 209 Å². The van der Waals surface area contributed by atoms with Gasteiger partial charge in [-0.1, -0.05) is 71.2 Å². The monoisotopic (exact) mass is 497 g/mol. The van der Waals surface area contributed by atoms with E-state index in [0.717, 1.165) is 16.8 Å². The maximum absolute atomic E-state index is 13.4. The topological polar surface area (TPSA) is 27.9 Å². The fourth-order valence-electron chi connectivity index (χ4n) is 4.21. The Bertz CT molecular complexity index is 1190. The molecule has 3 aromatic rings. The Hall–Kier alpha value is -2.71. The molecular weight excluding hydrogens is 477 g/mol. The molecule has 2 atom stereocenters. The number of rotatable bonds is 4. The van der Waals surface area contributed by atoms with E-state index in [4.69, 9.17) is 41.4 Å². The van der Waals surface area contributed by atoms with Crippen molar-refractivity contribution in [2.45, 2.75) is 18.9 Å². The lowest BCUT2D eigenvalue weighted by molar-refractivity contribution is -0.133. The Morgan fingerprint density at radius 2 is 1.64 bits per heavy atom. The highest BCUT2D eigenvalue weighted by Crippen LogP contribution is 2.37. The summed E-state index contributed by atoms with van der Waals surface area (Å²) in [6, 6.07) is 20.3. The Balaban J connectivity index is 1.62. The van der Waals surface area contributed by atoms with Crippen LogP contribution in [0.2, 0.25) is 15.1 Å². The molecule has 3 aromatic carbocycles. The summed E-state index contributed by atoms with van der Waals surface area (Å²) in [5.74, 6) is -0.243. The smallest absolute Gasteiger partial charge is 0.229 e. The number of benzene rings is 3. The van der Waals surface area contributed by atoms with Crippen LogP contribution in [-0.2, 0) is 4.79 Å². The standard InChI is InChI=1S/C26H22Cl3N3O/c1-17(18-5-10-22(30-2)11-6-18)26(33)31-13-14-32(24-12-9-21(28)15-23(24)29)25(16-31)19-3-7-20(27)8-4-19/h3-12,15,17,25H,13-14,16H2,1H3/t17-,25+/m1/s1. The Morgan fingerprint density at radius 3 is 2.27 bits per heavy atom. The van der Waals surface area contributed by atoms with Gasteiger partial charge in [-0.15, -0.1) is 0 Å². The van der Waals surface area contributed by atoms with Crippen LogP contribution in [0.3, 0.4) is 0 Å². The summed E-state index contributed by atoms with van der Waals surface area (Å²) in [7, 11) is 0. The van der Waals surface area contributed by atoms with E-state index in [1.165, 1.54) is 0 Å². The van der Waals surface area contributed by atoms with Gasteiger partial charge in [0, 0.05) is 29.7 Å². The van der Waals surface area contributed by atoms with Crippen LogP contribution in [0, 0.1) is 6.57 Å². The molecule has 1 fully saturated rings. The number of carbonyl (C=O) groups is 1. The van der Waals surface area contributed by atoms with Crippen LogP contribution >= 0.6 is 34.8 Å². The lowest BCUT2D eigenvalue weighted by Gasteiger charge is -2.44. The van der Waals surface area contributed by atoms with Crippen molar-refractivity contribution in [3.8, 4) is 0 Å². The third-order valence-electron chi connectivity index (χ3n) is 6.06. The zero-order valence-corrected chi connectivity index (χ0v) is 20.3. The van der Waals surface area contributed by atoms with Crippen LogP contribution < -0.4 is 4.90 Å². The lowest BCUT2D eigenvalue weighted by atomic mass is 9.96. The average molecular weight is 499 g/mol. The number of anilines is 1. The summed E-state index contributed by atoms with van der Waals surface area (Å²) in [6.07, 6.45) is 0. The van der Waals surface area contributed by atoms with E-state index in [1.54, 1.807) is 18.2 Å². The third kappa shape index (κ3) is 5.12. The van der Waals surface area contributed by atoms with Gasteiger partial charge in [-0.3, -0.25) is 4.79 Å². The highest BCUT2D eigenvalue weighted by molar-refractivity contribution is 6.36. The predicted molar refractivity (Wildman–Crippen MR) is 136 cm³/mol. The molecule has 168 valence electrons. The maximum Gasteiger partial charge on any atom is 0.229 e. The largest absolute Gasteiger partial charge is 0.360 e. The van der Waals surface area contributed by atoms with E-state index >= 15 is 0 Å². The second kappa shape index (κ2) is 10.1. The molecule has 1 amide bonds. The van der Waals surface area contributed by atoms with Gasteiger partial charge in [0.1, 0.15) is 0 Å². The number of amides is 1. The van der Waals surface area contributed by atoms with Crippen molar-refractivity contribution in [3.63, 3.8) is 0 Å². The molecule has 4 rings (SSSR count). The van der Waals surface area contributed by atoms with Crippen LogP contribution in [-0.4, -0.2) is 30.4 Å². The van der Waals surface area contributed by atoms with Crippen LogP contribution in [0.15, 0.2) is 66.7 Å². The van der Waals surface area contributed by atoms with Gasteiger partial charge >= 0.3 is 0 Å². The van der Waals surface area contributed by atoms with Gasteiger partial charge in [-0.25, -0.2) is 4.85 Å². The van der Waals surface area contributed by atoms with E-state index in [2.05, 4.69) is 9.74 Å². The summed E-state index contributed by atoms with van der Waals surface area (Å²) in [5, 5.41) is 1.82. The quantitative estimate of drug-likeness (QED) is 0.351. The summed E-state index contributed by atoms with van der Waals surface area (Å²) in [5.41, 5.74) is 3.40. The molecule has 33 heavy (non-hydrogen) atoms. The maximum atomic E-state index is 13.4. The normalized spacial score (nSPS) is 16.9. The third-order valence-corrected chi connectivity index (χ3v) is 6.85. The van der Waals surface area contributed by atoms with Gasteiger partial charge in [0.25, 0.3) is 0 Å². The number of halogens is 3. The van der Waals surface area contributed by atoms with Gasteiger partial charge in [0.05, 0.1) is 29.2 Å². The molecule has 0 unspecified atom stereocenters. The van der Waals surface area contributed by atoms with Crippen molar-refractivity contribution < 1.29 is 4.79 Å². The van der Waals surface area contributed by atoms with Gasteiger partial charge in [-0.2, -0.15) is 0 Å². The predicted octanol–water partition coefficient (Wildman–Crippen LogP) is 7.39. The number of hydrogen-bond acceptors (Lipinski definition) is 2. The molecule has 0 spiro atoms. The van der Waals surface area contributed by atoms with Crippen molar-refractivity contribution in [1.82, 2.24) is 4.90 Å². The van der Waals surface area contributed by atoms with E-state index in [9.17, 15) is 4.79 Å². The second-order valence-electron chi connectivity index (χ2n) is 8.07. The molecule has 0 saturated carbocycles. The van der Waals surface area contributed by atoms with E-state index in [1.807, 2.05) is 60.4 Å². The molecule has 1 heterocycles. The first-order valence-electron chi connectivity index (χ1n) is 10.6. The second-order valence-corrected chi connectivity index (χ2v) is 9.35. The number of hydrogen-bond donors (Lipinski definition) is 0. The highest BCUT2D eigenvalue weighted by Gasteiger charge is 2.33. The minimum atomic E-state index is -0.304. The molecule has 0 aromatic heterocycles. The van der Waals surface area contributed by atoms with E-state index in [-0.39, 0.29) is 17.9 Å². The Kier molecular flexibility index (Phi) is 7.14. The molecule has 0 N–H and O–H groups in total. The van der Waals surface area contributed by atoms with Crippen molar-refractivity contribution in [2.24, 2.45) is 0 Å². The molecule has 4 nitrogen and oxygen atoms in total. The summed E-state index contributed by atoms with van der Waals surface area (Å²) >= 11 is 18.8. The summed E-state index contributed by atoms with van der Waals surface area (Å²) in [4.78, 5) is 21.0. The molecule has 1 aliphatic rings. The zero-order valence-electron chi connectivity index (χ0n) is 18.0. The molecule has 1 aliphatic heterocycles. The summed E-state index contributed by atoms with van der Waals surface area (Å²) < 4.78 is 0. The van der Waals surface area contributed by atoms with E-state index < -0.39 is 0 Å². The minimum absolute atomic E-state index is 0.0615. The first-order valence-corrected chi connectivity index (χ1v) is 11.7. The SMILES string of the molecule is [C-]#[N+]c1ccc([C@@H](C)C(=O)N2CCN(c3ccc(Cl)cc3Cl)[C@H](c3ccc(Cl)cc3)C2)cc1. The van der Waals surface area contributed by atoms with Crippen LogP contribution in [0.1, 0.15) is 30.0 Å². The number of piperazine rings is 1.